The number of anilines is 1. The number of thioether (sulfide) groups is 1. The lowest BCUT2D eigenvalue weighted by atomic mass is 9.87. The first-order valence-electron chi connectivity index (χ1n) is 13.1. The molecule has 2 aromatic carbocycles. The minimum absolute atomic E-state index is 0.00661. The van der Waals surface area contributed by atoms with Crippen molar-refractivity contribution in [2.24, 2.45) is 0 Å². The number of aromatic nitrogens is 2. The van der Waals surface area contributed by atoms with E-state index in [0.717, 1.165) is 40.1 Å². The predicted octanol–water partition coefficient (Wildman–Crippen LogP) is 6.01. The van der Waals surface area contributed by atoms with E-state index >= 15 is 0 Å². The van der Waals surface area contributed by atoms with Crippen LogP contribution in [0.15, 0.2) is 42.5 Å². The van der Waals surface area contributed by atoms with Crippen molar-refractivity contribution >= 4 is 29.4 Å². The number of hydrogen-bond donors (Lipinski definition) is 1. The lowest BCUT2D eigenvalue weighted by Gasteiger charge is -2.25. The summed E-state index contributed by atoms with van der Waals surface area (Å²) >= 11 is 1.45. The average molecular weight is 537 g/mol. The van der Waals surface area contributed by atoms with E-state index in [1.807, 2.05) is 50.6 Å². The van der Waals surface area contributed by atoms with Crippen molar-refractivity contribution in [2.75, 3.05) is 17.2 Å². The van der Waals surface area contributed by atoms with Crippen LogP contribution >= 0.6 is 11.8 Å². The second kappa shape index (κ2) is 10.9. The Labute approximate surface area is 229 Å². The zero-order chi connectivity index (χ0) is 27.8. The first-order chi connectivity index (χ1) is 17.9. The minimum Gasteiger partial charge on any atom is -0.352 e. The molecule has 0 fully saturated rings. The summed E-state index contributed by atoms with van der Waals surface area (Å²) in [5.41, 5.74) is 5.01. The molecular weight excluding hydrogens is 499 g/mol. The lowest BCUT2D eigenvalue weighted by Crippen LogP contribution is -2.44. The Morgan fingerprint density at radius 2 is 1.95 bits per heavy atom. The van der Waals surface area contributed by atoms with Gasteiger partial charge in [0.15, 0.2) is 0 Å². The number of halogens is 1. The van der Waals surface area contributed by atoms with E-state index in [2.05, 4.69) is 32.2 Å². The van der Waals surface area contributed by atoms with Gasteiger partial charge in [-0.1, -0.05) is 57.5 Å². The van der Waals surface area contributed by atoms with E-state index in [0.29, 0.717) is 5.82 Å². The molecule has 6 nitrogen and oxygen atoms in total. The molecule has 0 radical (unpaired) electrons. The Balaban J connectivity index is 2.02. The van der Waals surface area contributed by atoms with Crippen molar-refractivity contribution in [1.29, 1.82) is 0 Å². The van der Waals surface area contributed by atoms with Crippen LogP contribution < -0.4 is 10.2 Å². The molecule has 1 aromatic heterocycles. The smallest absolute Gasteiger partial charge is 0.240 e. The molecule has 0 spiro atoms. The van der Waals surface area contributed by atoms with Crippen molar-refractivity contribution in [3.8, 4) is 5.69 Å². The van der Waals surface area contributed by atoms with Crippen LogP contribution in [0.4, 0.5) is 10.2 Å². The van der Waals surface area contributed by atoms with Crippen LogP contribution in [-0.4, -0.2) is 39.9 Å². The Morgan fingerprint density at radius 3 is 2.58 bits per heavy atom. The number of amides is 2. The van der Waals surface area contributed by atoms with E-state index in [9.17, 15) is 14.0 Å². The predicted molar refractivity (Wildman–Crippen MR) is 153 cm³/mol. The first kappa shape index (κ1) is 27.9. The second-order valence-corrected chi connectivity index (χ2v) is 12.2. The molecule has 2 amide bonds. The van der Waals surface area contributed by atoms with Gasteiger partial charge in [0.1, 0.15) is 18.2 Å². The fraction of sp³-hybridized carbons (Fsp3) is 0.433. The van der Waals surface area contributed by atoms with Gasteiger partial charge in [-0.25, -0.2) is 9.07 Å². The van der Waals surface area contributed by atoms with Gasteiger partial charge in [-0.2, -0.15) is 5.10 Å². The summed E-state index contributed by atoms with van der Waals surface area (Å²) in [6.07, 6.45) is 0.789. The molecule has 202 valence electrons. The summed E-state index contributed by atoms with van der Waals surface area (Å²) in [6, 6.07) is 12.6. The van der Waals surface area contributed by atoms with Crippen LogP contribution in [0.2, 0.25) is 0 Å². The molecule has 0 saturated carbocycles. The maximum absolute atomic E-state index is 14.4. The van der Waals surface area contributed by atoms with Gasteiger partial charge in [0.25, 0.3) is 0 Å². The number of nitrogens with zero attached hydrogens (tertiary/aromatic N) is 3. The van der Waals surface area contributed by atoms with Crippen LogP contribution in [0.1, 0.15) is 74.2 Å². The van der Waals surface area contributed by atoms with Crippen LogP contribution in [0.25, 0.3) is 5.69 Å². The molecule has 0 bridgehead atoms. The molecule has 8 heteroatoms. The van der Waals surface area contributed by atoms with Crippen LogP contribution in [0, 0.1) is 19.7 Å². The van der Waals surface area contributed by atoms with Gasteiger partial charge in [-0.05, 0) is 56.5 Å². The zero-order valence-electron chi connectivity index (χ0n) is 23.3. The molecule has 2 atom stereocenters. The van der Waals surface area contributed by atoms with Crippen molar-refractivity contribution in [3.05, 3.63) is 76.2 Å². The zero-order valence-corrected chi connectivity index (χ0v) is 24.1. The van der Waals surface area contributed by atoms with Crippen LogP contribution in [-0.2, 0) is 15.0 Å². The standard InChI is InChI=1S/C30H37FN4O2S/c1-8-20(4)32-24(36)16-34-25(37)17-38-27(21-10-9-11-22(31)15-21)26-28(30(5,6)7)33-35(29(26)34)23-13-12-18(2)14-19(23)3/h9-15,20,27H,8,16-17H2,1-7H3,(H,32,36)/t20-,27+/m0/s1. The monoisotopic (exact) mass is 536 g/mol. The third kappa shape index (κ3) is 5.65. The topological polar surface area (TPSA) is 67.2 Å². The third-order valence-corrected chi connectivity index (χ3v) is 8.11. The Morgan fingerprint density at radius 1 is 1.21 bits per heavy atom. The van der Waals surface area contributed by atoms with Gasteiger partial charge in [0.2, 0.25) is 11.8 Å². The van der Waals surface area contributed by atoms with Crippen molar-refractivity contribution in [2.45, 2.75) is 71.6 Å². The highest BCUT2D eigenvalue weighted by Crippen LogP contribution is 2.48. The summed E-state index contributed by atoms with van der Waals surface area (Å²) < 4.78 is 16.2. The van der Waals surface area contributed by atoms with Crippen LogP contribution in [0.5, 0.6) is 0 Å². The van der Waals surface area contributed by atoms with E-state index in [1.165, 1.54) is 23.9 Å². The minimum atomic E-state index is -0.377. The summed E-state index contributed by atoms with van der Waals surface area (Å²) in [5.74, 6) is -0.00274. The Hall–Kier alpha value is -3.13. The molecule has 1 N–H and O–H groups in total. The number of carbonyl (C=O) groups is 2. The number of nitrogens with one attached hydrogen (secondary N) is 1. The lowest BCUT2D eigenvalue weighted by molar-refractivity contribution is -0.123. The van der Waals surface area contributed by atoms with Crippen molar-refractivity contribution in [3.63, 3.8) is 0 Å². The average Bonchev–Trinajstić information content (AvgIpc) is 3.16. The molecule has 0 unspecified atom stereocenters. The second-order valence-electron chi connectivity index (χ2n) is 11.1. The van der Waals surface area contributed by atoms with Gasteiger partial charge in [0, 0.05) is 17.0 Å². The van der Waals surface area contributed by atoms with Gasteiger partial charge in [0.05, 0.1) is 22.4 Å². The number of aryl methyl sites for hydroxylation is 2. The molecule has 38 heavy (non-hydrogen) atoms. The maximum Gasteiger partial charge on any atom is 0.240 e. The molecule has 4 rings (SSSR count). The molecule has 0 saturated heterocycles. The van der Waals surface area contributed by atoms with E-state index < -0.39 is 0 Å². The highest BCUT2D eigenvalue weighted by Gasteiger charge is 2.40. The van der Waals surface area contributed by atoms with Gasteiger partial charge in [-0.15, -0.1) is 11.8 Å². The molecule has 1 aliphatic rings. The van der Waals surface area contributed by atoms with Crippen molar-refractivity contribution < 1.29 is 14.0 Å². The number of rotatable bonds is 6. The molecule has 2 heterocycles. The summed E-state index contributed by atoms with van der Waals surface area (Å²) in [4.78, 5) is 28.4. The summed E-state index contributed by atoms with van der Waals surface area (Å²) in [7, 11) is 0. The SMILES string of the molecule is CC[C@H](C)NC(=O)CN1C(=O)CS[C@H](c2cccc(F)c2)c2c(C(C)(C)C)nn(-c3ccc(C)cc3C)c21. The van der Waals surface area contributed by atoms with Crippen molar-refractivity contribution in [1.82, 2.24) is 15.1 Å². The third-order valence-electron chi connectivity index (χ3n) is 6.85. The number of carbonyl (C=O) groups excluding carboxylic acids is 2. The Bertz CT molecular complexity index is 1360. The quantitative estimate of drug-likeness (QED) is 0.419. The first-order valence-corrected chi connectivity index (χ1v) is 14.1. The highest BCUT2D eigenvalue weighted by atomic mass is 32.2. The molecule has 3 aromatic rings. The number of benzene rings is 2. The highest BCUT2D eigenvalue weighted by molar-refractivity contribution is 8.00. The van der Waals surface area contributed by atoms with Gasteiger partial charge >= 0.3 is 0 Å². The molecule has 1 aliphatic heterocycles. The normalized spacial score (nSPS) is 16.7. The fourth-order valence-corrected chi connectivity index (χ4v) is 5.97. The Kier molecular flexibility index (Phi) is 8.02. The van der Waals surface area contributed by atoms with Gasteiger partial charge in [-0.3, -0.25) is 14.5 Å². The number of hydrogen-bond acceptors (Lipinski definition) is 4. The van der Waals surface area contributed by atoms with E-state index in [1.54, 1.807) is 11.0 Å². The van der Waals surface area contributed by atoms with E-state index in [4.69, 9.17) is 5.10 Å². The molecular formula is C30H37FN4O2S. The maximum atomic E-state index is 14.4. The number of fused-ring (bicyclic) bond motifs is 1. The van der Waals surface area contributed by atoms with Gasteiger partial charge < -0.3 is 5.32 Å². The summed E-state index contributed by atoms with van der Waals surface area (Å²) in [6.45, 7) is 14.1. The van der Waals surface area contributed by atoms with Crippen LogP contribution in [0.3, 0.4) is 0 Å². The largest absolute Gasteiger partial charge is 0.352 e. The molecule has 0 aliphatic carbocycles. The fourth-order valence-electron chi connectivity index (χ4n) is 4.78. The van der Waals surface area contributed by atoms with E-state index in [-0.39, 0.29) is 46.6 Å². The summed E-state index contributed by atoms with van der Waals surface area (Å²) in [5, 5.41) is 7.78.